The molecule has 0 aromatic rings. The Bertz CT molecular complexity index is 1500. The van der Waals surface area contributed by atoms with Crippen molar-refractivity contribution in [3.63, 3.8) is 0 Å². The molecule has 1 unspecified atom stereocenters. The van der Waals surface area contributed by atoms with Crippen LogP contribution in [0.1, 0.15) is 102 Å². The van der Waals surface area contributed by atoms with Crippen molar-refractivity contribution in [1.29, 1.82) is 0 Å². The third-order valence-electron chi connectivity index (χ3n) is 13.3. The predicted molar refractivity (Wildman–Crippen MR) is 203 cm³/mol. The summed E-state index contributed by atoms with van der Waals surface area (Å²) in [5.74, 6) is -4.14. The Labute approximate surface area is 342 Å². The summed E-state index contributed by atoms with van der Waals surface area (Å²) in [7, 11) is 5.25. The van der Waals surface area contributed by atoms with E-state index >= 15 is 0 Å². The molecule has 5 fully saturated rings. The second-order valence-electron chi connectivity index (χ2n) is 18.1. The van der Waals surface area contributed by atoms with E-state index in [9.17, 15) is 24.3 Å². The number of methoxy groups -OCH3 is 1. The Kier molecular flexibility index (Phi) is 14.1. The molecule has 5 rings (SSSR count). The number of fused-ring (bicyclic) bond motifs is 4. The smallest absolute Gasteiger partial charge is 0.458 e. The molecular weight excluding hydrogens is 762 g/mol. The highest BCUT2D eigenvalue weighted by Gasteiger charge is 2.61. The fourth-order valence-corrected chi connectivity index (χ4v) is 10.1. The number of hydrogen-bond donors (Lipinski definition) is 1. The van der Waals surface area contributed by atoms with Gasteiger partial charge in [0.25, 0.3) is 0 Å². The van der Waals surface area contributed by atoms with Gasteiger partial charge in [0.1, 0.15) is 30.0 Å². The van der Waals surface area contributed by atoms with E-state index in [2.05, 4.69) is 0 Å². The highest BCUT2D eigenvalue weighted by atomic mass is 16.8. The van der Waals surface area contributed by atoms with E-state index in [-0.39, 0.29) is 31.4 Å². The topological polar surface area (TPSA) is 193 Å². The molecule has 1 N–H and O–H groups in total. The minimum Gasteiger partial charge on any atom is -0.458 e. The van der Waals surface area contributed by atoms with Gasteiger partial charge in [0.05, 0.1) is 35.9 Å². The first-order valence-corrected chi connectivity index (χ1v) is 20.7. The number of nitrogens with zero attached hydrogens (tertiary/aromatic N) is 1. The maximum absolute atomic E-state index is 14.6. The number of esters is 2. The SMILES string of the molecule is CC[C@@H]1OC(=O)[C@H](C)[C@@H](O[C@H]2C[C@@](C)(OC)[C@@H](O)[C@H](C)O2)[C@H](C)[C@@H](O[C@@H]2O[C@H](C)C[C@H](N(C)C)[C@H]2OC(C)=O)C2(C)C[C@@H](C)[C@H](OC(=O)O2)[C@@H](C)[C@H]2OC(=O)O[C@]12C. The van der Waals surface area contributed by atoms with Crippen molar-refractivity contribution in [2.45, 2.75) is 192 Å². The highest BCUT2D eigenvalue weighted by molar-refractivity contribution is 5.73. The van der Waals surface area contributed by atoms with Crippen molar-refractivity contribution < 1.29 is 76.4 Å². The van der Waals surface area contributed by atoms with Gasteiger partial charge in [-0.1, -0.05) is 27.7 Å². The molecule has 0 aliphatic carbocycles. The zero-order valence-electron chi connectivity index (χ0n) is 36.6. The van der Waals surface area contributed by atoms with Crippen LogP contribution in [0.25, 0.3) is 0 Å². The van der Waals surface area contributed by atoms with E-state index in [1.165, 1.54) is 14.0 Å². The number of likely N-dealkylation sites (N-methyl/N-ethyl adjacent to an activating group) is 1. The van der Waals surface area contributed by atoms with E-state index in [0.29, 0.717) is 6.42 Å². The first-order valence-electron chi connectivity index (χ1n) is 20.7. The van der Waals surface area contributed by atoms with Crippen LogP contribution in [0.15, 0.2) is 0 Å². The minimum absolute atomic E-state index is 0.0924. The first-order chi connectivity index (χ1) is 27.0. The molecule has 0 aromatic carbocycles. The normalized spacial score (nSPS) is 47.7. The molecule has 17 nitrogen and oxygen atoms in total. The number of rotatable bonds is 8. The summed E-state index contributed by atoms with van der Waals surface area (Å²) < 4.78 is 68.4. The summed E-state index contributed by atoms with van der Waals surface area (Å²) in [6, 6.07) is -0.309. The maximum Gasteiger partial charge on any atom is 0.509 e. The van der Waals surface area contributed by atoms with Gasteiger partial charge in [-0.15, -0.1) is 0 Å². The average molecular weight is 830 g/mol. The van der Waals surface area contributed by atoms with Gasteiger partial charge in [0.2, 0.25) is 0 Å². The number of carbonyl (C=O) groups is 4. The molecule has 5 aliphatic rings. The van der Waals surface area contributed by atoms with Crippen molar-refractivity contribution in [3.05, 3.63) is 0 Å². The van der Waals surface area contributed by atoms with Gasteiger partial charge in [-0.2, -0.15) is 0 Å². The van der Waals surface area contributed by atoms with E-state index < -0.39 is 126 Å². The van der Waals surface area contributed by atoms with E-state index in [1.54, 1.807) is 48.5 Å². The zero-order chi connectivity index (χ0) is 43.2. The summed E-state index contributed by atoms with van der Waals surface area (Å²) in [5.41, 5.74) is -4.01. The van der Waals surface area contributed by atoms with Crippen LogP contribution in [-0.2, 0) is 61.7 Å². The number of ether oxygens (including phenoxy) is 11. The van der Waals surface area contributed by atoms with Crippen LogP contribution in [0.3, 0.4) is 0 Å². The summed E-state index contributed by atoms with van der Waals surface area (Å²) in [5, 5.41) is 11.0. The Morgan fingerprint density at radius 2 is 1.53 bits per heavy atom. The van der Waals surface area contributed by atoms with Crippen LogP contribution in [0.2, 0.25) is 0 Å². The molecule has 2 bridgehead atoms. The van der Waals surface area contributed by atoms with Crippen LogP contribution in [0.4, 0.5) is 9.59 Å². The van der Waals surface area contributed by atoms with Gasteiger partial charge in [0.15, 0.2) is 30.4 Å². The lowest BCUT2D eigenvalue weighted by molar-refractivity contribution is -0.318. The molecule has 332 valence electrons. The molecule has 5 heterocycles. The van der Waals surface area contributed by atoms with Crippen molar-refractivity contribution in [3.8, 4) is 0 Å². The molecule has 0 aromatic heterocycles. The lowest BCUT2D eigenvalue weighted by atomic mass is 9.73. The highest BCUT2D eigenvalue weighted by Crippen LogP contribution is 2.47. The molecular formula is C41H67NO16. The summed E-state index contributed by atoms with van der Waals surface area (Å²) >= 11 is 0. The lowest BCUT2D eigenvalue weighted by Crippen LogP contribution is -2.61. The molecule has 0 saturated carbocycles. The fourth-order valence-electron chi connectivity index (χ4n) is 10.1. The second-order valence-corrected chi connectivity index (χ2v) is 18.1. The largest absolute Gasteiger partial charge is 0.509 e. The molecule has 5 aliphatic heterocycles. The van der Waals surface area contributed by atoms with Crippen molar-refractivity contribution in [1.82, 2.24) is 4.90 Å². The van der Waals surface area contributed by atoms with Crippen LogP contribution >= 0.6 is 0 Å². The van der Waals surface area contributed by atoms with Crippen LogP contribution in [-0.4, -0.2) is 146 Å². The molecule has 0 spiro atoms. The van der Waals surface area contributed by atoms with E-state index in [1.807, 2.05) is 39.8 Å². The molecule has 5 saturated heterocycles. The lowest BCUT2D eigenvalue weighted by Gasteiger charge is -2.49. The number of cyclic esters (lactones) is 1. The Balaban J connectivity index is 1.68. The van der Waals surface area contributed by atoms with Crippen LogP contribution in [0, 0.1) is 23.7 Å². The van der Waals surface area contributed by atoms with Gasteiger partial charge < -0.3 is 62.1 Å². The quantitative estimate of drug-likeness (QED) is 0.265. The van der Waals surface area contributed by atoms with Gasteiger partial charge in [-0.05, 0) is 80.8 Å². The number of carbonyl (C=O) groups excluding carboxylic acids is 4. The fraction of sp³-hybridized carbons (Fsp3) is 0.902. The Morgan fingerprint density at radius 3 is 2.14 bits per heavy atom. The van der Waals surface area contributed by atoms with E-state index in [0.717, 1.165) is 0 Å². The minimum atomic E-state index is -1.49. The predicted octanol–water partition coefficient (Wildman–Crippen LogP) is 4.51. The van der Waals surface area contributed by atoms with Crippen molar-refractivity contribution in [2.24, 2.45) is 23.7 Å². The summed E-state index contributed by atoms with van der Waals surface area (Å²) in [6.07, 6.45) is -11.0. The Hall–Kier alpha value is -2.80. The summed E-state index contributed by atoms with van der Waals surface area (Å²) in [6.45, 7) is 19.0. The van der Waals surface area contributed by atoms with Gasteiger partial charge in [0, 0.05) is 32.3 Å². The first kappa shape index (κ1) is 46.3. The third-order valence-corrected chi connectivity index (χ3v) is 13.3. The average Bonchev–Trinajstić information content (AvgIpc) is 3.39. The standard InChI is InChI=1S/C41H67NO16/c1-15-27-41(11)34(56-38(47)58-41)21(4)29-19(2)17-40(10,57-37(46)54-29)33(55-36-31(51-25(8)43)26(42(12)13)16-20(3)49-36)22(5)30(23(6)35(45)52-27)53-28-18-39(9,48-14)32(44)24(7)50-28/h19-24,26-34,36,44H,15-18H2,1-14H3/t19-,20-,21-,22+,23-,24+,26+,27+,28+,29+,30+,31-,32+,33-,34-,36+,39-,40?,41-/m1/s1. The van der Waals surface area contributed by atoms with Gasteiger partial charge in [-0.25, -0.2) is 9.59 Å². The van der Waals surface area contributed by atoms with Crippen LogP contribution in [0.5, 0.6) is 0 Å². The zero-order valence-corrected chi connectivity index (χ0v) is 36.6. The van der Waals surface area contributed by atoms with Crippen molar-refractivity contribution >= 4 is 24.2 Å². The Morgan fingerprint density at radius 1 is 0.879 bits per heavy atom. The number of hydrogen-bond acceptors (Lipinski definition) is 17. The molecule has 0 radical (unpaired) electrons. The molecule has 19 atom stereocenters. The molecule has 58 heavy (non-hydrogen) atoms. The van der Waals surface area contributed by atoms with Crippen LogP contribution < -0.4 is 0 Å². The number of aliphatic hydroxyl groups is 1. The van der Waals surface area contributed by atoms with E-state index in [4.69, 9.17) is 52.1 Å². The molecule has 17 heteroatoms. The monoisotopic (exact) mass is 829 g/mol. The van der Waals surface area contributed by atoms with Gasteiger partial charge in [-0.3, -0.25) is 9.59 Å². The summed E-state index contributed by atoms with van der Waals surface area (Å²) in [4.78, 5) is 55.9. The van der Waals surface area contributed by atoms with Crippen molar-refractivity contribution in [2.75, 3.05) is 21.2 Å². The third kappa shape index (κ3) is 9.10. The molecule has 0 amide bonds. The number of aliphatic hydroxyl groups excluding tert-OH is 1. The van der Waals surface area contributed by atoms with Gasteiger partial charge >= 0.3 is 24.2 Å². The second kappa shape index (κ2) is 17.7. The maximum atomic E-state index is 14.6.